The van der Waals surface area contributed by atoms with Crippen LogP contribution < -0.4 is 5.32 Å². The van der Waals surface area contributed by atoms with E-state index in [1.54, 1.807) is 11.3 Å². The van der Waals surface area contributed by atoms with Crippen LogP contribution in [0.15, 0.2) is 12.1 Å². The zero-order chi connectivity index (χ0) is 10.7. The van der Waals surface area contributed by atoms with Crippen molar-refractivity contribution >= 4 is 22.9 Å². The van der Waals surface area contributed by atoms with Crippen molar-refractivity contribution in [3.8, 4) is 0 Å². The van der Waals surface area contributed by atoms with Gasteiger partial charge in [0, 0.05) is 17.0 Å². The first kappa shape index (κ1) is 11.4. The number of hydrogen-bond donors (Lipinski definition) is 1. The first-order valence-corrected chi connectivity index (χ1v) is 7.00. The van der Waals surface area contributed by atoms with Crippen LogP contribution in [0.2, 0.25) is 4.34 Å². The van der Waals surface area contributed by atoms with Gasteiger partial charge in [0.15, 0.2) is 0 Å². The minimum absolute atomic E-state index is 0.505. The molecule has 1 aromatic rings. The van der Waals surface area contributed by atoms with E-state index in [0.717, 1.165) is 16.8 Å². The quantitative estimate of drug-likeness (QED) is 0.827. The highest BCUT2D eigenvalue weighted by molar-refractivity contribution is 7.16. The lowest BCUT2D eigenvalue weighted by Crippen LogP contribution is -2.29. The molecule has 1 aliphatic carbocycles. The lowest BCUT2D eigenvalue weighted by Gasteiger charge is -2.20. The summed E-state index contributed by atoms with van der Waals surface area (Å²) in [5.41, 5.74) is 0. The van der Waals surface area contributed by atoms with Crippen molar-refractivity contribution in [3.63, 3.8) is 0 Å². The van der Waals surface area contributed by atoms with Crippen molar-refractivity contribution in [1.82, 2.24) is 5.32 Å². The molecular weight excluding hydrogens is 226 g/mol. The van der Waals surface area contributed by atoms with E-state index in [1.807, 2.05) is 6.07 Å². The van der Waals surface area contributed by atoms with E-state index >= 15 is 0 Å². The average molecular weight is 244 g/mol. The van der Waals surface area contributed by atoms with Gasteiger partial charge >= 0.3 is 0 Å². The topological polar surface area (TPSA) is 12.0 Å². The highest BCUT2D eigenvalue weighted by Crippen LogP contribution is 2.30. The molecule has 3 heteroatoms. The number of nitrogens with one attached hydrogen (secondary N) is 1. The molecule has 1 N–H and O–H groups in total. The minimum Gasteiger partial charge on any atom is -0.306 e. The maximum atomic E-state index is 5.97. The van der Waals surface area contributed by atoms with Gasteiger partial charge in [-0.3, -0.25) is 0 Å². The normalized spacial score (nSPS) is 19.6. The molecule has 1 fully saturated rings. The fourth-order valence-electron chi connectivity index (χ4n) is 2.29. The molecule has 1 unspecified atom stereocenters. The van der Waals surface area contributed by atoms with E-state index in [2.05, 4.69) is 18.3 Å². The molecule has 0 saturated heterocycles. The van der Waals surface area contributed by atoms with Gasteiger partial charge in [-0.15, -0.1) is 11.3 Å². The second kappa shape index (κ2) is 5.33. The van der Waals surface area contributed by atoms with Crippen LogP contribution in [0.25, 0.3) is 0 Å². The summed E-state index contributed by atoms with van der Waals surface area (Å²) in [4.78, 5) is 1.38. The molecule has 0 spiro atoms. The van der Waals surface area contributed by atoms with Crippen molar-refractivity contribution in [2.24, 2.45) is 0 Å². The van der Waals surface area contributed by atoms with Crippen molar-refractivity contribution in [2.45, 2.75) is 51.1 Å². The second-order valence-electron chi connectivity index (χ2n) is 4.25. The van der Waals surface area contributed by atoms with Crippen LogP contribution in [0.1, 0.15) is 49.9 Å². The summed E-state index contributed by atoms with van der Waals surface area (Å²) >= 11 is 7.68. The first-order valence-electron chi connectivity index (χ1n) is 5.81. The van der Waals surface area contributed by atoms with Crippen LogP contribution in [-0.2, 0) is 0 Å². The zero-order valence-electron chi connectivity index (χ0n) is 9.13. The summed E-state index contributed by atoms with van der Waals surface area (Å²) in [5.74, 6) is 0. The third kappa shape index (κ3) is 2.96. The zero-order valence-corrected chi connectivity index (χ0v) is 10.7. The summed E-state index contributed by atoms with van der Waals surface area (Å²) in [6, 6.07) is 5.39. The predicted molar refractivity (Wildman–Crippen MR) is 67.8 cm³/mol. The number of hydrogen-bond acceptors (Lipinski definition) is 2. The van der Waals surface area contributed by atoms with Gasteiger partial charge in [-0.05, 0) is 31.4 Å². The Morgan fingerprint density at radius 1 is 1.47 bits per heavy atom. The van der Waals surface area contributed by atoms with Gasteiger partial charge in [-0.25, -0.2) is 0 Å². The minimum atomic E-state index is 0.505. The van der Waals surface area contributed by atoms with Gasteiger partial charge in [0.1, 0.15) is 0 Å². The Kier molecular flexibility index (Phi) is 4.06. The molecule has 1 aromatic heterocycles. The monoisotopic (exact) mass is 243 g/mol. The summed E-state index contributed by atoms with van der Waals surface area (Å²) in [7, 11) is 0. The molecule has 2 rings (SSSR count). The molecular formula is C12H18ClNS. The van der Waals surface area contributed by atoms with Crippen LogP contribution in [0.3, 0.4) is 0 Å². The SMILES string of the molecule is CCC(NC1CCCC1)c1ccc(Cl)s1. The second-order valence-corrected chi connectivity index (χ2v) is 6.00. The molecule has 1 aliphatic rings. The fraction of sp³-hybridized carbons (Fsp3) is 0.667. The average Bonchev–Trinajstić information content (AvgIpc) is 2.85. The van der Waals surface area contributed by atoms with Crippen LogP contribution in [0, 0.1) is 0 Å². The van der Waals surface area contributed by atoms with Crippen molar-refractivity contribution < 1.29 is 0 Å². The standard InChI is InChI=1S/C12H18ClNS/c1-2-10(11-7-8-12(13)15-11)14-9-5-3-4-6-9/h7-10,14H,2-6H2,1H3. The Morgan fingerprint density at radius 3 is 2.73 bits per heavy atom. The van der Waals surface area contributed by atoms with Gasteiger partial charge in [-0.1, -0.05) is 31.4 Å². The van der Waals surface area contributed by atoms with Gasteiger partial charge < -0.3 is 5.32 Å². The Labute approximate surface area is 101 Å². The van der Waals surface area contributed by atoms with Crippen molar-refractivity contribution in [1.29, 1.82) is 0 Å². The number of thiophene rings is 1. The van der Waals surface area contributed by atoms with Crippen molar-refractivity contribution in [2.75, 3.05) is 0 Å². The van der Waals surface area contributed by atoms with Crippen LogP contribution in [0.5, 0.6) is 0 Å². The third-order valence-corrected chi connectivity index (χ3v) is 4.48. The maximum Gasteiger partial charge on any atom is 0.0931 e. The van der Waals surface area contributed by atoms with E-state index in [0.29, 0.717) is 6.04 Å². The summed E-state index contributed by atoms with van der Waals surface area (Å²) < 4.78 is 0.900. The van der Waals surface area contributed by atoms with Crippen molar-refractivity contribution in [3.05, 3.63) is 21.3 Å². The molecule has 0 bridgehead atoms. The highest BCUT2D eigenvalue weighted by atomic mass is 35.5. The molecule has 84 valence electrons. The van der Waals surface area contributed by atoms with Gasteiger partial charge in [0.2, 0.25) is 0 Å². The van der Waals surface area contributed by atoms with E-state index in [4.69, 9.17) is 11.6 Å². The maximum absolute atomic E-state index is 5.97. The van der Waals surface area contributed by atoms with E-state index in [9.17, 15) is 0 Å². The Morgan fingerprint density at radius 2 is 2.20 bits per heavy atom. The Bertz CT molecular complexity index is 304. The lowest BCUT2D eigenvalue weighted by atomic mass is 10.1. The summed E-state index contributed by atoms with van der Waals surface area (Å²) in [5, 5.41) is 3.75. The molecule has 1 heterocycles. The Hall–Kier alpha value is -0.0500. The molecule has 0 radical (unpaired) electrons. The third-order valence-electron chi connectivity index (χ3n) is 3.14. The molecule has 1 saturated carbocycles. The Balaban J connectivity index is 1.97. The highest BCUT2D eigenvalue weighted by Gasteiger charge is 2.19. The fourth-order valence-corrected chi connectivity index (χ4v) is 3.50. The molecule has 0 amide bonds. The largest absolute Gasteiger partial charge is 0.306 e. The van der Waals surface area contributed by atoms with Crippen LogP contribution in [0.4, 0.5) is 0 Å². The summed E-state index contributed by atoms with van der Waals surface area (Å²) in [6.45, 7) is 2.24. The molecule has 0 aliphatic heterocycles. The molecule has 1 atom stereocenters. The lowest BCUT2D eigenvalue weighted by molar-refractivity contribution is 0.435. The van der Waals surface area contributed by atoms with Gasteiger partial charge in [-0.2, -0.15) is 0 Å². The van der Waals surface area contributed by atoms with E-state index < -0.39 is 0 Å². The molecule has 0 aromatic carbocycles. The van der Waals surface area contributed by atoms with Crippen LogP contribution in [-0.4, -0.2) is 6.04 Å². The molecule has 1 nitrogen and oxygen atoms in total. The first-order chi connectivity index (χ1) is 7.29. The van der Waals surface area contributed by atoms with Gasteiger partial charge in [0.25, 0.3) is 0 Å². The van der Waals surface area contributed by atoms with E-state index in [-0.39, 0.29) is 0 Å². The predicted octanol–water partition coefficient (Wildman–Crippen LogP) is 4.38. The number of rotatable bonds is 4. The summed E-state index contributed by atoms with van der Waals surface area (Å²) in [6.07, 6.45) is 6.61. The van der Waals surface area contributed by atoms with E-state index in [1.165, 1.54) is 30.6 Å². The number of halogens is 1. The molecule has 15 heavy (non-hydrogen) atoms. The van der Waals surface area contributed by atoms with Gasteiger partial charge in [0.05, 0.1) is 4.34 Å². The smallest absolute Gasteiger partial charge is 0.0931 e. The van der Waals surface area contributed by atoms with Crippen LogP contribution >= 0.6 is 22.9 Å².